The fourth-order valence-corrected chi connectivity index (χ4v) is 1.79. The fourth-order valence-electron chi connectivity index (χ4n) is 1.79. The molecule has 18 heavy (non-hydrogen) atoms. The van der Waals surface area contributed by atoms with Crippen molar-refractivity contribution in [1.82, 2.24) is 4.98 Å². The Kier molecular flexibility index (Phi) is 3.41. The molecule has 0 spiro atoms. The van der Waals surface area contributed by atoms with Gasteiger partial charge in [0.2, 0.25) is 0 Å². The molecule has 3 N–H and O–H groups in total. The Hall–Kier alpha value is -1.77. The van der Waals surface area contributed by atoms with E-state index in [1.54, 1.807) is 6.20 Å². The molecule has 0 unspecified atom stereocenters. The van der Waals surface area contributed by atoms with Gasteiger partial charge in [0.1, 0.15) is 0 Å². The number of nitrogens with zero attached hydrogens (tertiary/aromatic N) is 1. The minimum absolute atomic E-state index is 0.274. The molecule has 2 aromatic rings. The van der Waals surface area contributed by atoms with Gasteiger partial charge in [0.15, 0.2) is 0 Å². The van der Waals surface area contributed by atoms with Gasteiger partial charge in [-0.05, 0) is 36.1 Å². The molecule has 0 radical (unpaired) electrons. The van der Waals surface area contributed by atoms with E-state index in [1.807, 2.05) is 24.3 Å². The summed E-state index contributed by atoms with van der Waals surface area (Å²) in [5.74, 6) is 0. The van der Waals surface area contributed by atoms with E-state index in [9.17, 15) is 0 Å². The minimum atomic E-state index is 0.274. The van der Waals surface area contributed by atoms with Crippen LogP contribution in [0.2, 0.25) is 0 Å². The highest BCUT2D eigenvalue weighted by Crippen LogP contribution is 2.29. The molecule has 0 bridgehead atoms. The van der Waals surface area contributed by atoms with Crippen LogP contribution in [0.5, 0.6) is 0 Å². The summed E-state index contributed by atoms with van der Waals surface area (Å²) in [5.41, 5.74) is 9.18. The summed E-state index contributed by atoms with van der Waals surface area (Å²) in [5, 5.41) is 4.45. The van der Waals surface area contributed by atoms with Crippen LogP contribution in [-0.2, 0) is 0 Å². The monoisotopic (exact) mass is 243 g/mol. The van der Waals surface area contributed by atoms with E-state index in [0.29, 0.717) is 0 Å². The average Bonchev–Trinajstić information content (AvgIpc) is 2.38. The van der Waals surface area contributed by atoms with Crippen molar-refractivity contribution >= 4 is 22.3 Å². The lowest BCUT2D eigenvalue weighted by atomic mass is 9.90. The highest BCUT2D eigenvalue weighted by Gasteiger charge is 2.15. The molecule has 0 aliphatic rings. The van der Waals surface area contributed by atoms with Crippen molar-refractivity contribution in [1.29, 1.82) is 0 Å². The fraction of sp³-hybridized carbons (Fsp3) is 0.400. The van der Waals surface area contributed by atoms with Gasteiger partial charge in [-0.25, -0.2) is 0 Å². The van der Waals surface area contributed by atoms with Crippen LogP contribution < -0.4 is 11.1 Å². The highest BCUT2D eigenvalue weighted by molar-refractivity contribution is 5.96. The zero-order valence-corrected chi connectivity index (χ0v) is 11.3. The first-order valence-electron chi connectivity index (χ1n) is 6.40. The van der Waals surface area contributed by atoms with Gasteiger partial charge in [-0.3, -0.25) is 4.98 Å². The average molecular weight is 243 g/mol. The number of nitrogens with two attached hydrogens (primary N) is 1. The molecule has 0 saturated carbocycles. The predicted octanol–water partition coefficient (Wildman–Crippen LogP) is 3.67. The maximum absolute atomic E-state index is 6.19. The van der Waals surface area contributed by atoms with Gasteiger partial charge in [-0.1, -0.05) is 20.8 Å². The van der Waals surface area contributed by atoms with Gasteiger partial charge >= 0.3 is 0 Å². The van der Waals surface area contributed by atoms with E-state index in [0.717, 1.165) is 35.2 Å². The molecular weight excluding hydrogens is 222 g/mol. The number of nitrogen functional groups attached to an aromatic ring is 1. The van der Waals surface area contributed by atoms with Gasteiger partial charge in [0, 0.05) is 18.1 Å². The third-order valence-electron chi connectivity index (χ3n) is 3.54. The van der Waals surface area contributed by atoms with Crippen LogP contribution in [0.25, 0.3) is 10.9 Å². The van der Waals surface area contributed by atoms with E-state index < -0.39 is 0 Å². The number of pyridine rings is 1. The summed E-state index contributed by atoms with van der Waals surface area (Å²) in [6, 6.07) is 7.94. The SMILES string of the molecule is CCC(C)(C)CNc1ccc2ncccc2c1N. The van der Waals surface area contributed by atoms with Crippen LogP contribution >= 0.6 is 0 Å². The number of hydrogen-bond acceptors (Lipinski definition) is 3. The van der Waals surface area contributed by atoms with Crippen molar-refractivity contribution in [2.75, 3.05) is 17.6 Å². The number of benzene rings is 1. The van der Waals surface area contributed by atoms with Crippen molar-refractivity contribution < 1.29 is 0 Å². The summed E-state index contributed by atoms with van der Waals surface area (Å²) in [7, 11) is 0. The van der Waals surface area contributed by atoms with Crippen molar-refractivity contribution in [3.63, 3.8) is 0 Å². The van der Waals surface area contributed by atoms with E-state index in [4.69, 9.17) is 5.73 Å². The largest absolute Gasteiger partial charge is 0.397 e. The smallest absolute Gasteiger partial charge is 0.0724 e. The maximum atomic E-state index is 6.19. The maximum Gasteiger partial charge on any atom is 0.0724 e. The molecule has 0 amide bonds. The molecule has 0 fully saturated rings. The highest BCUT2D eigenvalue weighted by atomic mass is 14.9. The van der Waals surface area contributed by atoms with E-state index in [1.165, 1.54) is 0 Å². The molecule has 2 rings (SSSR count). The Labute approximate surface area is 108 Å². The summed E-state index contributed by atoms with van der Waals surface area (Å²) in [6.45, 7) is 7.62. The molecule has 1 aromatic heterocycles. The molecule has 1 aromatic carbocycles. The lowest BCUT2D eigenvalue weighted by Crippen LogP contribution is -2.22. The molecule has 0 saturated heterocycles. The number of aromatic nitrogens is 1. The summed E-state index contributed by atoms with van der Waals surface area (Å²) in [4.78, 5) is 4.30. The molecule has 0 aliphatic carbocycles. The topological polar surface area (TPSA) is 50.9 Å². The third kappa shape index (κ3) is 2.55. The molecular formula is C15H21N3. The zero-order valence-electron chi connectivity index (χ0n) is 11.3. The molecule has 0 aliphatic heterocycles. The molecule has 3 heteroatoms. The second-order valence-electron chi connectivity index (χ2n) is 5.47. The second-order valence-corrected chi connectivity index (χ2v) is 5.47. The lowest BCUT2D eigenvalue weighted by Gasteiger charge is -2.24. The number of hydrogen-bond donors (Lipinski definition) is 2. The molecule has 96 valence electrons. The van der Waals surface area contributed by atoms with Gasteiger partial charge in [0.05, 0.1) is 16.9 Å². The van der Waals surface area contributed by atoms with Crippen molar-refractivity contribution in [3.8, 4) is 0 Å². The molecule has 1 heterocycles. The summed E-state index contributed by atoms with van der Waals surface area (Å²) >= 11 is 0. The van der Waals surface area contributed by atoms with Crippen LogP contribution in [0, 0.1) is 5.41 Å². The van der Waals surface area contributed by atoms with Gasteiger partial charge in [-0.15, -0.1) is 0 Å². The minimum Gasteiger partial charge on any atom is -0.397 e. The quantitative estimate of drug-likeness (QED) is 0.806. The second kappa shape index (κ2) is 4.84. The van der Waals surface area contributed by atoms with Crippen LogP contribution in [0.15, 0.2) is 30.5 Å². The number of anilines is 2. The van der Waals surface area contributed by atoms with Crippen molar-refractivity contribution in [3.05, 3.63) is 30.5 Å². The molecule has 0 atom stereocenters. The lowest BCUT2D eigenvalue weighted by molar-refractivity contribution is 0.377. The van der Waals surface area contributed by atoms with Gasteiger partial charge in [0.25, 0.3) is 0 Å². The normalized spacial score (nSPS) is 11.7. The van der Waals surface area contributed by atoms with Crippen LogP contribution in [0.1, 0.15) is 27.2 Å². The Morgan fingerprint density at radius 3 is 2.78 bits per heavy atom. The van der Waals surface area contributed by atoms with E-state index in [-0.39, 0.29) is 5.41 Å². The zero-order chi connectivity index (χ0) is 13.2. The standard InChI is InChI=1S/C15H21N3/c1-4-15(2,3)10-18-13-8-7-12-11(14(13)16)6-5-9-17-12/h5-9,18H,4,10,16H2,1-3H3. The first kappa shape index (κ1) is 12.7. The van der Waals surface area contributed by atoms with Crippen LogP contribution in [0.4, 0.5) is 11.4 Å². The van der Waals surface area contributed by atoms with E-state index >= 15 is 0 Å². The van der Waals surface area contributed by atoms with Crippen LogP contribution in [0.3, 0.4) is 0 Å². The number of rotatable bonds is 4. The van der Waals surface area contributed by atoms with Gasteiger partial charge in [-0.2, -0.15) is 0 Å². The predicted molar refractivity (Wildman–Crippen MR) is 78.7 cm³/mol. The Morgan fingerprint density at radius 1 is 1.28 bits per heavy atom. The van der Waals surface area contributed by atoms with Gasteiger partial charge < -0.3 is 11.1 Å². The Balaban J connectivity index is 2.27. The van der Waals surface area contributed by atoms with Crippen molar-refractivity contribution in [2.45, 2.75) is 27.2 Å². The first-order chi connectivity index (χ1) is 8.53. The number of nitrogens with one attached hydrogen (secondary N) is 1. The van der Waals surface area contributed by atoms with E-state index in [2.05, 4.69) is 31.1 Å². The molecule has 3 nitrogen and oxygen atoms in total. The number of fused-ring (bicyclic) bond motifs is 1. The Morgan fingerprint density at radius 2 is 2.06 bits per heavy atom. The third-order valence-corrected chi connectivity index (χ3v) is 3.54. The van der Waals surface area contributed by atoms with Crippen LogP contribution in [-0.4, -0.2) is 11.5 Å². The summed E-state index contributed by atoms with van der Waals surface area (Å²) < 4.78 is 0. The Bertz CT molecular complexity index is 546. The summed E-state index contributed by atoms with van der Waals surface area (Å²) in [6.07, 6.45) is 2.92. The first-order valence-corrected chi connectivity index (χ1v) is 6.40. The van der Waals surface area contributed by atoms with Crippen molar-refractivity contribution in [2.24, 2.45) is 5.41 Å².